The largest absolute Gasteiger partial charge is 0.368 e. The number of aromatic amines is 1. The SMILES string of the molecule is Cc1cc(=O)[nH]c2nc(N)nc(-c3ccccc3)c12. The number of nitrogens with one attached hydrogen (secondary N) is 1. The van der Waals surface area contributed by atoms with Gasteiger partial charge in [-0.15, -0.1) is 0 Å². The number of hydrogen-bond donors (Lipinski definition) is 2. The van der Waals surface area contributed by atoms with Crippen molar-refractivity contribution in [2.75, 3.05) is 5.73 Å². The normalized spacial score (nSPS) is 10.8. The van der Waals surface area contributed by atoms with Crippen molar-refractivity contribution in [1.82, 2.24) is 15.0 Å². The maximum absolute atomic E-state index is 11.5. The summed E-state index contributed by atoms with van der Waals surface area (Å²) in [4.78, 5) is 22.6. The van der Waals surface area contributed by atoms with E-state index in [-0.39, 0.29) is 11.5 Å². The Hall–Kier alpha value is -2.69. The van der Waals surface area contributed by atoms with Crippen LogP contribution in [0, 0.1) is 6.92 Å². The lowest BCUT2D eigenvalue weighted by Gasteiger charge is -2.08. The molecule has 3 N–H and O–H groups in total. The monoisotopic (exact) mass is 252 g/mol. The van der Waals surface area contributed by atoms with Gasteiger partial charge >= 0.3 is 0 Å². The average Bonchev–Trinajstić information content (AvgIpc) is 2.38. The predicted molar refractivity (Wildman–Crippen MR) is 74.7 cm³/mol. The van der Waals surface area contributed by atoms with Crippen molar-refractivity contribution in [2.45, 2.75) is 6.92 Å². The minimum absolute atomic E-state index is 0.146. The summed E-state index contributed by atoms with van der Waals surface area (Å²) in [6.45, 7) is 1.86. The van der Waals surface area contributed by atoms with Crippen molar-refractivity contribution >= 4 is 17.0 Å². The number of nitrogens with zero attached hydrogens (tertiary/aromatic N) is 2. The van der Waals surface area contributed by atoms with E-state index in [0.29, 0.717) is 5.65 Å². The summed E-state index contributed by atoms with van der Waals surface area (Å²) in [6, 6.07) is 11.2. The van der Waals surface area contributed by atoms with Crippen LogP contribution in [0.1, 0.15) is 5.56 Å². The van der Waals surface area contributed by atoms with E-state index >= 15 is 0 Å². The number of nitrogens with two attached hydrogens (primary N) is 1. The molecule has 0 spiro atoms. The first-order chi connectivity index (χ1) is 9.15. The Balaban J connectivity index is 2.45. The van der Waals surface area contributed by atoms with Gasteiger partial charge in [0.1, 0.15) is 5.65 Å². The zero-order valence-corrected chi connectivity index (χ0v) is 10.3. The number of nitrogen functional groups attached to an aromatic ring is 1. The van der Waals surface area contributed by atoms with Gasteiger partial charge < -0.3 is 10.7 Å². The minimum Gasteiger partial charge on any atom is -0.368 e. The van der Waals surface area contributed by atoms with Gasteiger partial charge in [-0.2, -0.15) is 4.98 Å². The summed E-state index contributed by atoms with van der Waals surface area (Å²) < 4.78 is 0. The van der Waals surface area contributed by atoms with E-state index < -0.39 is 0 Å². The standard InChI is InChI=1S/C14H12N4O/c1-8-7-10(19)16-13-11(8)12(17-14(15)18-13)9-5-3-2-4-6-9/h2-7H,1H3,(H3,15,16,17,18,19). The quantitative estimate of drug-likeness (QED) is 0.692. The molecular formula is C14H12N4O. The van der Waals surface area contributed by atoms with Crippen molar-refractivity contribution in [3.8, 4) is 11.3 Å². The van der Waals surface area contributed by atoms with Gasteiger partial charge in [-0.25, -0.2) is 4.98 Å². The molecule has 19 heavy (non-hydrogen) atoms. The third-order valence-corrected chi connectivity index (χ3v) is 2.96. The Bertz CT molecular complexity index is 809. The van der Waals surface area contributed by atoms with Crippen LogP contribution in [0.3, 0.4) is 0 Å². The third-order valence-electron chi connectivity index (χ3n) is 2.96. The second-order valence-electron chi connectivity index (χ2n) is 4.34. The summed E-state index contributed by atoms with van der Waals surface area (Å²) in [7, 11) is 0. The number of hydrogen-bond acceptors (Lipinski definition) is 4. The Labute approximate surface area is 109 Å². The summed E-state index contributed by atoms with van der Waals surface area (Å²) >= 11 is 0. The predicted octanol–water partition coefficient (Wildman–Crippen LogP) is 1.88. The molecule has 0 saturated carbocycles. The summed E-state index contributed by atoms with van der Waals surface area (Å²) in [6.07, 6.45) is 0. The Morgan fingerprint density at radius 2 is 1.89 bits per heavy atom. The highest BCUT2D eigenvalue weighted by atomic mass is 16.1. The molecule has 3 rings (SSSR count). The highest BCUT2D eigenvalue weighted by molar-refractivity contribution is 5.93. The van der Waals surface area contributed by atoms with Crippen molar-refractivity contribution in [3.05, 3.63) is 52.3 Å². The molecule has 0 unspecified atom stereocenters. The number of H-pyrrole nitrogens is 1. The fourth-order valence-corrected chi connectivity index (χ4v) is 2.17. The fraction of sp³-hybridized carbons (Fsp3) is 0.0714. The van der Waals surface area contributed by atoms with Gasteiger partial charge in [0, 0.05) is 17.0 Å². The molecule has 0 amide bonds. The van der Waals surface area contributed by atoms with E-state index in [0.717, 1.165) is 22.2 Å². The molecule has 2 aromatic heterocycles. The lowest BCUT2D eigenvalue weighted by Crippen LogP contribution is -2.09. The first-order valence-corrected chi connectivity index (χ1v) is 5.88. The van der Waals surface area contributed by atoms with Crippen molar-refractivity contribution in [3.63, 3.8) is 0 Å². The highest BCUT2D eigenvalue weighted by Crippen LogP contribution is 2.27. The smallest absolute Gasteiger partial charge is 0.249 e. The highest BCUT2D eigenvalue weighted by Gasteiger charge is 2.11. The Morgan fingerprint density at radius 3 is 2.63 bits per heavy atom. The van der Waals surface area contributed by atoms with E-state index in [4.69, 9.17) is 5.73 Å². The molecule has 94 valence electrons. The number of fused-ring (bicyclic) bond motifs is 1. The first kappa shape index (κ1) is 11.4. The van der Waals surface area contributed by atoms with Crippen LogP contribution < -0.4 is 11.3 Å². The van der Waals surface area contributed by atoms with Gasteiger partial charge in [-0.1, -0.05) is 30.3 Å². The second kappa shape index (κ2) is 4.20. The number of aryl methyl sites for hydroxylation is 1. The first-order valence-electron chi connectivity index (χ1n) is 5.88. The van der Waals surface area contributed by atoms with Gasteiger partial charge in [-0.05, 0) is 12.5 Å². The number of benzene rings is 1. The van der Waals surface area contributed by atoms with E-state index in [1.807, 2.05) is 37.3 Å². The maximum atomic E-state index is 11.5. The fourth-order valence-electron chi connectivity index (χ4n) is 2.17. The Kier molecular flexibility index (Phi) is 2.52. The summed E-state index contributed by atoms with van der Waals surface area (Å²) in [5, 5.41) is 0.819. The number of anilines is 1. The third kappa shape index (κ3) is 1.95. The molecule has 0 aliphatic rings. The average molecular weight is 252 g/mol. The molecule has 0 radical (unpaired) electrons. The van der Waals surface area contributed by atoms with E-state index in [1.54, 1.807) is 0 Å². The van der Waals surface area contributed by atoms with Crippen LogP contribution in [0.15, 0.2) is 41.2 Å². The van der Waals surface area contributed by atoms with Crippen LogP contribution in [0.25, 0.3) is 22.3 Å². The molecule has 0 aliphatic heterocycles. The second-order valence-corrected chi connectivity index (χ2v) is 4.34. The molecule has 0 atom stereocenters. The molecule has 3 aromatic rings. The Morgan fingerprint density at radius 1 is 1.16 bits per heavy atom. The van der Waals surface area contributed by atoms with E-state index in [9.17, 15) is 4.79 Å². The van der Waals surface area contributed by atoms with Crippen LogP contribution >= 0.6 is 0 Å². The topological polar surface area (TPSA) is 84.7 Å². The van der Waals surface area contributed by atoms with Gasteiger partial charge in [0.05, 0.1) is 5.69 Å². The van der Waals surface area contributed by atoms with Gasteiger partial charge in [-0.3, -0.25) is 4.79 Å². The number of rotatable bonds is 1. The van der Waals surface area contributed by atoms with Crippen LogP contribution in [-0.4, -0.2) is 15.0 Å². The van der Waals surface area contributed by atoms with Gasteiger partial charge in [0.2, 0.25) is 11.5 Å². The van der Waals surface area contributed by atoms with Crippen molar-refractivity contribution in [2.24, 2.45) is 0 Å². The van der Waals surface area contributed by atoms with Crippen molar-refractivity contribution in [1.29, 1.82) is 0 Å². The molecule has 0 fully saturated rings. The maximum Gasteiger partial charge on any atom is 0.249 e. The van der Waals surface area contributed by atoms with Crippen LogP contribution in [0.4, 0.5) is 5.95 Å². The molecule has 1 aromatic carbocycles. The zero-order chi connectivity index (χ0) is 13.4. The molecule has 0 saturated heterocycles. The van der Waals surface area contributed by atoms with Crippen LogP contribution in [-0.2, 0) is 0 Å². The molecule has 2 heterocycles. The number of pyridine rings is 1. The van der Waals surface area contributed by atoms with Crippen LogP contribution in [0.5, 0.6) is 0 Å². The molecule has 0 bridgehead atoms. The van der Waals surface area contributed by atoms with Crippen molar-refractivity contribution < 1.29 is 0 Å². The number of aromatic nitrogens is 3. The van der Waals surface area contributed by atoms with Gasteiger partial charge in [0.25, 0.3) is 0 Å². The molecule has 5 heteroatoms. The molecule has 0 aliphatic carbocycles. The van der Waals surface area contributed by atoms with E-state index in [1.165, 1.54) is 6.07 Å². The lowest BCUT2D eigenvalue weighted by molar-refractivity contribution is 1.16. The van der Waals surface area contributed by atoms with E-state index in [2.05, 4.69) is 15.0 Å². The minimum atomic E-state index is -0.192. The summed E-state index contributed by atoms with van der Waals surface area (Å²) in [5.74, 6) is 0.146. The summed E-state index contributed by atoms with van der Waals surface area (Å²) in [5.41, 5.74) is 8.50. The molecular weight excluding hydrogens is 240 g/mol. The molecule has 5 nitrogen and oxygen atoms in total. The zero-order valence-electron chi connectivity index (χ0n) is 10.3. The van der Waals surface area contributed by atoms with Crippen LogP contribution in [0.2, 0.25) is 0 Å². The van der Waals surface area contributed by atoms with Gasteiger partial charge in [0.15, 0.2) is 0 Å². The lowest BCUT2D eigenvalue weighted by atomic mass is 10.1.